The fourth-order valence-corrected chi connectivity index (χ4v) is 2.76. The van der Waals surface area contributed by atoms with Crippen LogP contribution in [0.1, 0.15) is 50.6 Å². The van der Waals surface area contributed by atoms with Crippen LogP contribution >= 0.6 is 0 Å². The van der Waals surface area contributed by atoms with E-state index in [9.17, 15) is 8.78 Å². The quantitative estimate of drug-likeness (QED) is 0.848. The van der Waals surface area contributed by atoms with E-state index in [1.54, 1.807) is 0 Å². The van der Waals surface area contributed by atoms with Crippen LogP contribution < -0.4 is 5.32 Å². The predicted molar refractivity (Wildman–Crippen MR) is 69.4 cm³/mol. The lowest BCUT2D eigenvalue weighted by molar-refractivity contribution is 0.328. The van der Waals surface area contributed by atoms with Gasteiger partial charge >= 0.3 is 0 Å². The Morgan fingerprint density at radius 1 is 1.17 bits per heavy atom. The number of nitrogens with one attached hydrogen (secondary N) is 1. The van der Waals surface area contributed by atoms with Crippen molar-refractivity contribution in [2.45, 2.75) is 45.1 Å². The van der Waals surface area contributed by atoms with Crippen molar-refractivity contribution in [3.05, 3.63) is 35.4 Å². The largest absolute Gasteiger partial charge is 0.310 e. The van der Waals surface area contributed by atoms with Crippen molar-refractivity contribution in [1.82, 2.24) is 5.32 Å². The highest BCUT2D eigenvalue weighted by atomic mass is 19.1. The lowest BCUT2D eigenvalue weighted by atomic mass is 9.89. The molecule has 0 spiro atoms. The zero-order valence-corrected chi connectivity index (χ0v) is 10.9. The first-order valence-corrected chi connectivity index (χ1v) is 6.85. The Kier molecular flexibility index (Phi) is 4.70. The van der Waals surface area contributed by atoms with Gasteiger partial charge < -0.3 is 5.32 Å². The average molecular weight is 253 g/mol. The van der Waals surface area contributed by atoms with E-state index in [0.717, 1.165) is 6.54 Å². The molecule has 100 valence electrons. The number of halogens is 2. The highest BCUT2D eigenvalue weighted by Crippen LogP contribution is 2.25. The third-order valence-corrected chi connectivity index (χ3v) is 3.87. The van der Waals surface area contributed by atoms with Crippen molar-refractivity contribution < 1.29 is 8.78 Å². The third kappa shape index (κ3) is 3.29. The lowest BCUT2D eigenvalue weighted by Gasteiger charge is -2.24. The SMILES string of the molecule is CC(NCC1CCCCC1)c1c(F)cccc1F. The summed E-state index contributed by atoms with van der Waals surface area (Å²) in [4.78, 5) is 0. The summed E-state index contributed by atoms with van der Waals surface area (Å²) in [5.41, 5.74) is 0.160. The Bertz CT molecular complexity index is 366. The van der Waals surface area contributed by atoms with Gasteiger partial charge in [-0.1, -0.05) is 25.3 Å². The van der Waals surface area contributed by atoms with Gasteiger partial charge in [-0.3, -0.25) is 0 Å². The molecule has 1 aliphatic rings. The molecule has 3 heteroatoms. The second-order valence-electron chi connectivity index (χ2n) is 5.27. The molecule has 1 aromatic carbocycles. The molecule has 0 heterocycles. The minimum atomic E-state index is -0.460. The first kappa shape index (κ1) is 13.5. The summed E-state index contributed by atoms with van der Waals surface area (Å²) in [5, 5.41) is 3.27. The molecule has 2 rings (SSSR count). The number of benzene rings is 1. The molecule has 0 aliphatic heterocycles. The molecule has 0 radical (unpaired) electrons. The van der Waals surface area contributed by atoms with Crippen molar-refractivity contribution >= 4 is 0 Å². The van der Waals surface area contributed by atoms with Crippen molar-refractivity contribution in [3.8, 4) is 0 Å². The maximum atomic E-state index is 13.6. The highest BCUT2D eigenvalue weighted by molar-refractivity contribution is 5.22. The van der Waals surface area contributed by atoms with Crippen LogP contribution in [0.5, 0.6) is 0 Å². The van der Waals surface area contributed by atoms with Gasteiger partial charge in [0.1, 0.15) is 11.6 Å². The van der Waals surface area contributed by atoms with Crippen LogP contribution in [-0.2, 0) is 0 Å². The smallest absolute Gasteiger partial charge is 0.130 e. The number of hydrogen-bond acceptors (Lipinski definition) is 1. The van der Waals surface area contributed by atoms with E-state index in [1.165, 1.54) is 50.3 Å². The van der Waals surface area contributed by atoms with Crippen LogP contribution in [-0.4, -0.2) is 6.54 Å². The van der Waals surface area contributed by atoms with Crippen LogP contribution in [0.4, 0.5) is 8.78 Å². The second kappa shape index (κ2) is 6.28. The zero-order chi connectivity index (χ0) is 13.0. The Balaban J connectivity index is 1.92. The molecule has 18 heavy (non-hydrogen) atoms. The predicted octanol–water partition coefficient (Wildman–Crippen LogP) is 4.20. The van der Waals surface area contributed by atoms with Crippen molar-refractivity contribution in [1.29, 1.82) is 0 Å². The normalized spacial score (nSPS) is 18.8. The van der Waals surface area contributed by atoms with Crippen LogP contribution in [0.25, 0.3) is 0 Å². The maximum absolute atomic E-state index is 13.6. The van der Waals surface area contributed by atoms with E-state index in [0.29, 0.717) is 5.92 Å². The first-order valence-electron chi connectivity index (χ1n) is 6.85. The molecule has 1 atom stereocenters. The second-order valence-corrected chi connectivity index (χ2v) is 5.27. The minimum Gasteiger partial charge on any atom is -0.310 e. The van der Waals surface area contributed by atoms with Gasteiger partial charge in [-0.15, -0.1) is 0 Å². The zero-order valence-electron chi connectivity index (χ0n) is 10.9. The van der Waals surface area contributed by atoms with Crippen molar-refractivity contribution in [2.75, 3.05) is 6.54 Å². The van der Waals surface area contributed by atoms with Crippen LogP contribution in [0, 0.1) is 17.6 Å². The molecule has 1 saturated carbocycles. The summed E-state index contributed by atoms with van der Waals surface area (Å²) in [7, 11) is 0. The Morgan fingerprint density at radius 2 is 1.78 bits per heavy atom. The fourth-order valence-electron chi connectivity index (χ4n) is 2.76. The van der Waals surface area contributed by atoms with Crippen LogP contribution in [0.3, 0.4) is 0 Å². The van der Waals surface area contributed by atoms with Crippen molar-refractivity contribution in [2.24, 2.45) is 5.92 Å². The Morgan fingerprint density at radius 3 is 2.39 bits per heavy atom. The topological polar surface area (TPSA) is 12.0 Å². The van der Waals surface area contributed by atoms with Gasteiger partial charge in [0.25, 0.3) is 0 Å². The van der Waals surface area contributed by atoms with Crippen LogP contribution in [0.15, 0.2) is 18.2 Å². The van der Waals surface area contributed by atoms with E-state index < -0.39 is 11.6 Å². The lowest BCUT2D eigenvalue weighted by Crippen LogP contribution is -2.28. The Hall–Kier alpha value is -0.960. The third-order valence-electron chi connectivity index (χ3n) is 3.87. The Labute approximate surface area is 108 Å². The van der Waals surface area contributed by atoms with E-state index in [-0.39, 0.29) is 11.6 Å². The van der Waals surface area contributed by atoms with Gasteiger partial charge in [0, 0.05) is 11.6 Å². The molecule has 0 bridgehead atoms. The molecule has 0 aromatic heterocycles. The first-order chi connectivity index (χ1) is 8.68. The monoisotopic (exact) mass is 253 g/mol. The van der Waals surface area contributed by atoms with E-state index in [4.69, 9.17) is 0 Å². The highest BCUT2D eigenvalue weighted by Gasteiger charge is 2.18. The summed E-state index contributed by atoms with van der Waals surface area (Å²) < 4.78 is 27.2. The molecule has 1 aromatic rings. The summed E-state index contributed by atoms with van der Waals surface area (Å²) in [6.07, 6.45) is 6.37. The molecule has 1 N–H and O–H groups in total. The molecule has 0 amide bonds. The van der Waals surface area contributed by atoms with Gasteiger partial charge in [-0.2, -0.15) is 0 Å². The van der Waals surface area contributed by atoms with Gasteiger partial charge in [0.05, 0.1) is 0 Å². The summed E-state index contributed by atoms with van der Waals surface area (Å²) >= 11 is 0. The van der Waals surface area contributed by atoms with Gasteiger partial charge in [0.15, 0.2) is 0 Å². The molecule has 1 unspecified atom stereocenters. The average Bonchev–Trinajstić information content (AvgIpc) is 2.37. The van der Waals surface area contributed by atoms with E-state index >= 15 is 0 Å². The van der Waals surface area contributed by atoms with Crippen molar-refractivity contribution in [3.63, 3.8) is 0 Å². The van der Waals surface area contributed by atoms with Gasteiger partial charge in [0.2, 0.25) is 0 Å². The van der Waals surface area contributed by atoms with E-state index in [2.05, 4.69) is 5.32 Å². The van der Waals surface area contributed by atoms with Gasteiger partial charge in [-0.25, -0.2) is 8.78 Å². The maximum Gasteiger partial charge on any atom is 0.130 e. The fraction of sp³-hybridized carbons (Fsp3) is 0.600. The molecular formula is C15H21F2N. The minimum absolute atomic E-state index is 0.160. The molecular weight excluding hydrogens is 232 g/mol. The van der Waals surface area contributed by atoms with E-state index in [1.807, 2.05) is 6.92 Å². The molecule has 1 nitrogen and oxygen atoms in total. The molecule has 1 aliphatic carbocycles. The van der Waals surface area contributed by atoms with Gasteiger partial charge in [-0.05, 0) is 44.4 Å². The standard InChI is InChI=1S/C15H21F2N/c1-11(15-13(16)8-5-9-14(15)17)18-10-12-6-3-2-4-7-12/h5,8-9,11-12,18H,2-4,6-7,10H2,1H3. The number of rotatable bonds is 4. The summed E-state index contributed by atoms with van der Waals surface area (Å²) in [6.45, 7) is 2.68. The van der Waals surface area contributed by atoms with Crippen LogP contribution in [0.2, 0.25) is 0 Å². The molecule has 1 fully saturated rings. The summed E-state index contributed by atoms with van der Waals surface area (Å²) in [6, 6.07) is 3.77. The number of hydrogen-bond donors (Lipinski definition) is 1. The molecule has 0 saturated heterocycles. The summed E-state index contributed by atoms with van der Waals surface area (Å²) in [5.74, 6) is -0.256.